The van der Waals surface area contributed by atoms with E-state index < -0.39 is 0 Å². The molecule has 0 N–H and O–H groups in total. The molecule has 0 aliphatic rings. The second kappa shape index (κ2) is 4.82. The minimum absolute atomic E-state index is 0.132. The summed E-state index contributed by atoms with van der Waals surface area (Å²) in [6, 6.07) is 0.399. The Bertz CT molecular complexity index is 331. The first kappa shape index (κ1) is 13.0. The highest BCUT2D eigenvalue weighted by molar-refractivity contribution is 14.1. The Morgan fingerprint density at radius 2 is 2.13 bits per heavy atom. The number of hydrogen-bond donors (Lipinski definition) is 0. The molecule has 0 unspecified atom stereocenters. The third-order valence-electron chi connectivity index (χ3n) is 2.48. The maximum Gasteiger partial charge on any atom is 0.0678 e. The van der Waals surface area contributed by atoms with Gasteiger partial charge in [0.1, 0.15) is 0 Å². The summed E-state index contributed by atoms with van der Waals surface area (Å²) in [6.45, 7) is 8.49. The smallest absolute Gasteiger partial charge is 0.0678 e. The van der Waals surface area contributed by atoms with Crippen molar-refractivity contribution < 1.29 is 4.74 Å². The summed E-state index contributed by atoms with van der Waals surface area (Å²) in [7, 11) is 1.75. The van der Waals surface area contributed by atoms with E-state index in [1.165, 1.54) is 9.26 Å². The van der Waals surface area contributed by atoms with Crippen molar-refractivity contribution in [2.45, 2.75) is 45.8 Å². The van der Waals surface area contributed by atoms with Gasteiger partial charge in [0, 0.05) is 19.6 Å². The van der Waals surface area contributed by atoms with Gasteiger partial charge in [-0.05, 0) is 50.3 Å². The molecule has 86 valence electrons. The Labute approximate surface area is 105 Å². The number of nitrogens with zero attached hydrogens (tertiary/aromatic N) is 2. The highest BCUT2D eigenvalue weighted by Gasteiger charge is 2.22. The van der Waals surface area contributed by atoms with E-state index in [4.69, 9.17) is 4.74 Å². The quantitative estimate of drug-likeness (QED) is 0.797. The van der Waals surface area contributed by atoms with Crippen LogP contribution in [0.1, 0.15) is 39.4 Å². The number of hydrogen-bond acceptors (Lipinski definition) is 2. The van der Waals surface area contributed by atoms with Gasteiger partial charge in [-0.3, -0.25) is 4.68 Å². The van der Waals surface area contributed by atoms with E-state index in [0.29, 0.717) is 6.04 Å². The van der Waals surface area contributed by atoms with E-state index in [1.807, 2.05) is 6.20 Å². The lowest BCUT2D eigenvalue weighted by Gasteiger charge is -2.24. The summed E-state index contributed by atoms with van der Waals surface area (Å²) < 4.78 is 8.74. The SMILES string of the molecule is COC(C)(C)Cc1c(I)cnn1C(C)C. The third kappa shape index (κ3) is 3.17. The van der Waals surface area contributed by atoms with Crippen LogP contribution in [0.3, 0.4) is 0 Å². The van der Waals surface area contributed by atoms with Crippen LogP contribution in [0, 0.1) is 3.57 Å². The molecule has 0 atom stereocenters. The number of halogens is 1. The molecule has 0 amide bonds. The first-order valence-electron chi connectivity index (χ1n) is 5.14. The average molecular weight is 322 g/mol. The molecular formula is C11H19IN2O. The van der Waals surface area contributed by atoms with E-state index in [9.17, 15) is 0 Å². The second-order valence-electron chi connectivity index (χ2n) is 4.62. The summed E-state index contributed by atoms with van der Waals surface area (Å²) in [4.78, 5) is 0. The molecule has 1 aromatic rings. The van der Waals surface area contributed by atoms with Crippen molar-refractivity contribution in [1.82, 2.24) is 9.78 Å². The first-order valence-corrected chi connectivity index (χ1v) is 6.22. The zero-order valence-corrected chi connectivity index (χ0v) is 12.2. The van der Waals surface area contributed by atoms with E-state index in [0.717, 1.165) is 6.42 Å². The van der Waals surface area contributed by atoms with Crippen molar-refractivity contribution in [1.29, 1.82) is 0 Å². The Kier molecular flexibility index (Phi) is 4.17. The van der Waals surface area contributed by atoms with E-state index in [2.05, 4.69) is 60.1 Å². The van der Waals surface area contributed by atoms with E-state index in [1.54, 1.807) is 7.11 Å². The average Bonchev–Trinajstić information content (AvgIpc) is 2.48. The number of methoxy groups -OCH3 is 1. The maximum atomic E-state index is 5.46. The zero-order valence-electron chi connectivity index (χ0n) is 10.0. The van der Waals surface area contributed by atoms with Crippen molar-refractivity contribution in [3.63, 3.8) is 0 Å². The highest BCUT2D eigenvalue weighted by atomic mass is 127. The lowest BCUT2D eigenvalue weighted by atomic mass is 10.0. The summed E-state index contributed by atoms with van der Waals surface area (Å²) in [5, 5.41) is 4.39. The summed E-state index contributed by atoms with van der Waals surface area (Å²) in [5.74, 6) is 0. The third-order valence-corrected chi connectivity index (χ3v) is 3.38. The Hall–Kier alpha value is -0.100. The molecular weight excluding hydrogens is 303 g/mol. The van der Waals surface area contributed by atoms with Gasteiger partial charge in [-0.25, -0.2) is 0 Å². The molecule has 3 nitrogen and oxygen atoms in total. The van der Waals surface area contributed by atoms with Crippen molar-refractivity contribution in [2.24, 2.45) is 0 Å². The van der Waals surface area contributed by atoms with Gasteiger partial charge >= 0.3 is 0 Å². The monoisotopic (exact) mass is 322 g/mol. The van der Waals surface area contributed by atoms with Gasteiger partial charge in [0.2, 0.25) is 0 Å². The molecule has 0 aliphatic carbocycles. The highest BCUT2D eigenvalue weighted by Crippen LogP contribution is 2.22. The van der Waals surface area contributed by atoms with Gasteiger partial charge in [-0.1, -0.05) is 0 Å². The standard InChI is InChI=1S/C11H19IN2O/c1-8(2)14-10(9(12)7-13-14)6-11(3,4)15-5/h7-8H,6H2,1-5H3. The van der Waals surface area contributed by atoms with Gasteiger partial charge in [0.15, 0.2) is 0 Å². The van der Waals surface area contributed by atoms with Gasteiger partial charge in [0.25, 0.3) is 0 Å². The fourth-order valence-electron chi connectivity index (χ4n) is 1.45. The lowest BCUT2D eigenvalue weighted by molar-refractivity contribution is 0.0212. The predicted octanol–water partition coefficient (Wildman–Crippen LogP) is 3.04. The molecule has 0 saturated carbocycles. The molecule has 1 rings (SSSR count). The van der Waals surface area contributed by atoms with Gasteiger partial charge in [-0.15, -0.1) is 0 Å². The maximum absolute atomic E-state index is 5.46. The topological polar surface area (TPSA) is 27.1 Å². The van der Waals surface area contributed by atoms with Gasteiger partial charge in [0.05, 0.1) is 21.1 Å². The summed E-state index contributed by atoms with van der Waals surface area (Å²) in [5.41, 5.74) is 1.13. The largest absolute Gasteiger partial charge is 0.378 e. The van der Waals surface area contributed by atoms with Crippen LogP contribution in [0.4, 0.5) is 0 Å². The fourth-order valence-corrected chi connectivity index (χ4v) is 2.01. The first-order chi connectivity index (χ1) is 6.87. The Morgan fingerprint density at radius 3 is 2.60 bits per heavy atom. The van der Waals surface area contributed by atoms with Crippen LogP contribution in [0.5, 0.6) is 0 Å². The molecule has 0 aliphatic heterocycles. The zero-order chi connectivity index (χ0) is 11.6. The van der Waals surface area contributed by atoms with Gasteiger partial charge < -0.3 is 4.74 Å². The molecule has 0 saturated heterocycles. The molecule has 0 radical (unpaired) electrons. The predicted molar refractivity (Wildman–Crippen MR) is 70.1 cm³/mol. The molecule has 4 heteroatoms. The van der Waals surface area contributed by atoms with Crippen molar-refractivity contribution in [3.05, 3.63) is 15.5 Å². The van der Waals surface area contributed by atoms with Crippen LogP contribution >= 0.6 is 22.6 Å². The van der Waals surface area contributed by atoms with Crippen molar-refractivity contribution in [2.75, 3.05) is 7.11 Å². The molecule has 0 fully saturated rings. The van der Waals surface area contributed by atoms with Crippen molar-refractivity contribution >= 4 is 22.6 Å². The number of ether oxygens (including phenoxy) is 1. The molecule has 0 aromatic carbocycles. The molecule has 0 spiro atoms. The van der Waals surface area contributed by atoms with Crippen LogP contribution in [0.15, 0.2) is 6.20 Å². The second-order valence-corrected chi connectivity index (χ2v) is 5.78. The van der Waals surface area contributed by atoms with Crippen LogP contribution in [-0.2, 0) is 11.2 Å². The lowest BCUT2D eigenvalue weighted by Crippen LogP contribution is -2.27. The van der Waals surface area contributed by atoms with Crippen LogP contribution < -0.4 is 0 Å². The Balaban J connectivity index is 2.98. The number of aromatic nitrogens is 2. The normalized spacial score (nSPS) is 12.5. The van der Waals surface area contributed by atoms with Crippen LogP contribution in [0.25, 0.3) is 0 Å². The Morgan fingerprint density at radius 1 is 1.53 bits per heavy atom. The minimum atomic E-state index is -0.132. The van der Waals surface area contributed by atoms with Gasteiger partial charge in [-0.2, -0.15) is 5.10 Å². The fraction of sp³-hybridized carbons (Fsp3) is 0.727. The summed E-state index contributed by atoms with van der Waals surface area (Å²) in [6.07, 6.45) is 2.81. The van der Waals surface area contributed by atoms with Crippen molar-refractivity contribution in [3.8, 4) is 0 Å². The molecule has 15 heavy (non-hydrogen) atoms. The summed E-state index contributed by atoms with van der Waals surface area (Å²) >= 11 is 2.33. The molecule has 0 bridgehead atoms. The molecule has 1 heterocycles. The number of rotatable bonds is 4. The molecule has 1 aromatic heterocycles. The van der Waals surface area contributed by atoms with Crippen LogP contribution in [0.2, 0.25) is 0 Å². The van der Waals surface area contributed by atoms with Crippen LogP contribution in [-0.4, -0.2) is 22.5 Å². The van der Waals surface area contributed by atoms with E-state index in [-0.39, 0.29) is 5.60 Å². The minimum Gasteiger partial charge on any atom is -0.378 e. The van der Waals surface area contributed by atoms with E-state index >= 15 is 0 Å².